The number of hydrogen-bond acceptors (Lipinski definition) is 4. The Kier molecular flexibility index (Phi) is 6.03. The van der Waals surface area contributed by atoms with Gasteiger partial charge < -0.3 is 19.5 Å². The van der Waals surface area contributed by atoms with Crippen molar-refractivity contribution in [3.63, 3.8) is 0 Å². The Morgan fingerprint density at radius 2 is 1.75 bits per heavy atom. The summed E-state index contributed by atoms with van der Waals surface area (Å²) in [7, 11) is 0. The van der Waals surface area contributed by atoms with Crippen molar-refractivity contribution in [2.75, 3.05) is 32.7 Å². The molecule has 0 radical (unpaired) electrons. The fourth-order valence-corrected chi connectivity index (χ4v) is 2.92. The number of carbonyl (C=O) groups excluding carboxylic acids is 3. The number of piperazine rings is 1. The summed E-state index contributed by atoms with van der Waals surface area (Å²) in [6, 6.07) is 5.90. The molecular weight excluding hydrogens is 372 g/mol. The monoisotopic (exact) mass is 391 g/mol. The third kappa shape index (κ3) is 4.54. The summed E-state index contributed by atoms with van der Waals surface area (Å²) in [5, 5.41) is 2.45. The lowest BCUT2D eigenvalue weighted by Crippen LogP contribution is -2.51. The quantitative estimate of drug-likeness (QED) is 0.841. The highest BCUT2D eigenvalue weighted by atomic mass is 19.1. The number of carbonyl (C=O) groups is 3. The van der Waals surface area contributed by atoms with E-state index in [9.17, 15) is 23.2 Å². The molecule has 1 fully saturated rings. The van der Waals surface area contributed by atoms with Crippen LogP contribution < -0.4 is 5.32 Å². The van der Waals surface area contributed by atoms with Crippen LogP contribution >= 0.6 is 0 Å². The molecule has 1 saturated heterocycles. The van der Waals surface area contributed by atoms with Crippen molar-refractivity contribution in [3.05, 3.63) is 59.6 Å². The zero-order chi connectivity index (χ0) is 20.1. The molecule has 0 saturated carbocycles. The molecule has 9 heteroatoms. The molecule has 0 aliphatic carbocycles. The van der Waals surface area contributed by atoms with Gasteiger partial charge in [-0.25, -0.2) is 8.78 Å². The van der Waals surface area contributed by atoms with Gasteiger partial charge in [0.2, 0.25) is 5.91 Å². The largest absolute Gasteiger partial charge is 0.459 e. The molecule has 0 bridgehead atoms. The Morgan fingerprint density at radius 1 is 1.04 bits per heavy atom. The predicted molar refractivity (Wildman–Crippen MR) is 94.5 cm³/mol. The first-order valence-corrected chi connectivity index (χ1v) is 8.79. The summed E-state index contributed by atoms with van der Waals surface area (Å²) >= 11 is 0. The second-order valence-electron chi connectivity index (χ2n) is 6.28. The summed E-state index contributed by atoms with van der Waals surface area (Å²) in [6.07, 6.45) is 1.47. The van der Waals surface area contributed by atoms with Crippen LogP contribution in [-0.4, -0.2) is 60.2 Å². The van der Waals surface area contributed by atoms with E-state index in [1.54, 1.807) is 21.9 Å². The Morgan fingerprint density at radius 3 is 2.39 bits per heavy atom. The van der Waals surface area contributed by atoms with Crippen LogP contribution in [0.3, 0.4) is 0 Å². The van der Waals surface area contributed by atoms with Crippen LogP contribution in [0.25, 0.3) is 0 Å². The molecule has 28 heavy (non-hydrogen) atoms. The minimum atomic E-state index is -0.957. The van der Waals surface area contributed by atoms with Gasteiger partial charge in [-0.3, -0.25) is 14.4 Å². The Bertz CT molecular complexity index is 862. The van der Waals surface area contributed by atoms with E-state index in [1.807, 2.05) is 0 Å². The summed E-state index contributed by atoms with van der Waals surface area (Å²) in [4.78, 5) is 39.6. The van der Waals surface area contributed by atoms with Gasteiger partial charge in [0.05, 0.1) is 11.8 Å². The zero-order valence-electron chi connectivity index (χ0n) is 15.0. The third-order valence-corrected chi connectivity index (χ3v) is 4.45. The van der Waals surface area contributed by atoms with Crippen molar-refractivity contribution in [2.24, 2.45) is 0 Å². The molecule has 1 aliphatic heterocycles. The van der Waals surface area contributed by atoms with Gasteiger partial charge in [0.1, 0.15) is 11.6 Å². The predicted octanol–water partition coefficient (Wildman–Crippen LogP) is 1.66. The van der Waals surface area contributed by atoms with Crippen LogP contribution in [0.1, 0.15) is 27.3 Å². The molecule has 0 spiro atoms. The first kappa shape index (κ1) is 19.5. The molecule has 148 valence electrons. The summed E-state index contributed by atoms with van der Waals surface area (Å²) in [5.74, 6) is -2.57. The highest BCUT2D eigenvalue weighted by Crippen LogP contribution is 2.11. The lowest BCUT2D eigenvalue weighted by Gasteiger charge is -2.34. The van der Waals surface area contributed by atoms with Gasteiger partial charge in [-0.1, -0.05) is 0 Å². The fourth-order valence-electron chi connectivity index (χ4n) is 2.92. The van der Waals surface area contributed by atoms with Gasteiger partial charge in [-0.15, -0.1) is 0 Å². The molecule has 0 unspecified atom stereocenters. The molecule has 3 rings (SSSR count). The lowest BCUT2D eigenvalue weighted by molar-refractivity contribution is -0.132. The van der Waals surface area contributed by atoms with Gasteiger partial charge >= 0.3 is 0 Å². The maximum atomic E-state index is 13.6. The Balaban J connectivity index is 1.42. The maximum Gasteiger partial charge on any atom is 0.289 e. The summed E-state index contributed by atoms with van der Waals surface area (Å²) in [5.41, 5.74) is -0.279. The molecule has 1 aromatic heterocycles. The number of nitrogens with zero attached hydrogens (tertiary/aromatic N) is 2. The first-order valence-electron chi connectivity index (χ1n) is 8.79. The molecule has 1 aliphatic rings. The Labute approximate surface area is 159 Å². The van der Waals surface area contributed by atoms with Crippen LogP contribution in [0.2, 0.25) is 0 Å². The standard InChI is InChI=1S/C19H19F2N3O4/c20-13-3-4-14(15(21)12-13)18(26)22-6-5-17(25)23-7-9-24(10-8-23)19(27)16-2-1-11-28-16/h1-4,11-12H,5-10H2,(H,22,26). The van der Waals surface area contributed by atoms with Gasteiger partial charge in [0.25, 0.3) is 11.8 Å². The summed E-state index contributed by atoms with van der Waals surface area (Å²) < 4.78 is 31.5. The smallest absolute Gasteiger partial charge is 0.289 e. The van der Waals surface area contributed by atoms with E-state index in [0.29, 0.717) is 32.2 Å². The van der Waals surface area contributed by atoms with Crippen molar-refractivity contribution < 1.29 is 27.6 Å². The average Bonchev–Trinajstić information content (AvgIpc) is 3.22. The SMILES string of the molecule is O=C(NCCC(=O)N1CCN(C(=O)c2ccco2)CC1)c1ccc(F)cc1F. The molecule has 1 aromatic carbocycles. The van der Waals surface area contributed by atoms with Crippen molar-refractivity contribution in [2.45, 2.75) is 6.42 Å². The lowest BCUT2D eigenvalue weighted by atomic mass is 10.2. The highest BCUT2D eigenvalue weighted by Gasteiger charge is 2.25. The topological polar surface area (TPSA) is 82.9 Å². The fraction of sp³-hybridized carbons (Fsp3) is 0.316. The van der Waals surface area contributed by atoms with E-state index < -0.39 is 17.5 Å². The average molecular weight is 391 g/mol. The van der Waals surface area contributed by atoms with Crippen LogP contribution in [-0.2, 0) is 4.79 Å². The van der Waals surface area contributed by atoms with Crippen molar-refractivity contribution in [1.82, 2.24) is 15.1 Å². The minimum Gasteiger partial charge on any atom is -0.459 e. The van der Waals surface area contributed by atoms with Gasteiger partial charge in [0, 0.05) is 45.2 Å². The van der Waals surface area contributed by atoms with Gasteiger partial charge in [-0.2, -0.15) is 0 Å². The highest BCUT2D eigenvalue weighted by molar-refractivity contribution is 5.94. The van der Waals surface area contributed by atoms with E-state index >= 15 is 0 Å². The number of rotatable bonds is 5. The minimum absolute atomic E-state index is 0.0278. The van der Waals surface area contributed by atoms with Crippen LogP contribution in [0.4, 0.5) is 8.78 Å². The van der Waals surface area contributed by atoms with Gasteiger partial charge in [0.15, 0.2) is 5.76 Å². The number of hydrogen-bond donors (Lipinski definition) is 1. The third-order valence-electron chi connectivity index (χ3n) is 4.45. The molecular formula is C19H19F2N3O4. The number of benzene rings is 1. The number of nitrogens with one attached hydrogen (secondary N) is 1. The number of furan rings is 1. The van der Waals surface area contributed by atoms with Crippen LogP contribution in [0.15, 0.2) is 41.0 Å². The van der Waals surface area contributed by atoms with E-state index in [0.717, 1.165) is 12.1 Å². The molecule has 1 N–H and O–H groups in total. The van der Waals surface area contributed by atoms with Crippen molar-refractivity contribution in [1.29, 1.82) is 0 Å². The van der Waals surface area contributed by atoms with E-state index in [1.165, 1.54) is 6.26 Å². The normalized spacial score (nSPS) is 14.1. The second kappa shape index (κ2) is 8.64. The van der Waals surface area contributed by atoms with Crippen LogP contribution in [0.5, 0.6) is 0 Å². The Hall–Kier alpha value is -3.23. The van der Waals surface area contributed by atoms with E-state index in [2.05, 4.69) is 5.32 Å². The van der Waals surface area contributed by atoms with Crippen molar-refractivity contribution >= 4 is 17.7 Å². The number of amides is 3. The second-order valence-corrected chi connectivity index (χ2v) is 6.28. The molecule has 0 atom stereocenters. The molecule has 2 heterocycles. The summed E-state index contributed by atoms with van der Waals surface area (Å²) in [6.45, 7) is 1.56. The zero-order valence-corrected chi connectivity index (χ0v) is 15.0. The van der Waals surface area contributed by atoms with E-state index in [4.69, 9.17) is 4.42 Å². The van der Waals surface area contributed by atoms with E-state index in [-0.39, 0.29) is 36.1 Å². The van der Waals surface area contributed by atoms with Crippen LogP contribution in [0, 0.1) is 11.6 Å². The number of halogens is 2. The molecule has 2 aromatic rings. The van der Waals surface area contributed by atoms with Gasteiger partial charge in [-0.05, 0) is 24.3 Å². The maximum absolute atomic E-state index is 13.6. The van der Waals surface area contributed by atoms with Crippen molar-refractivity contribution in [3.8, 4) is 0 Å². The first-order chi connectivity index (χ1) is 13.5. The molecule has 7 nitrogen and oxygen atoms in total. The molecule has 3 amide bonds.